The molecule has 0 spiro atoms. The van der Waals surface area contributed by atoms with Crippen molar-refractivity contribution in [2.75, 3.05) is 11.5 Å². The summed E-state index contributed by atoms with van der Waals surface area (Å²) in [6.45, 7) is 0. The maximum atomic E-state index is 5.48. The molecule has 0 aliphatic heterocycles. The number of hydrogen-bond donors (Lipinski definition) is 2. The van der Waals surface area contributed by atoms with Crippen molar-refractivity contribution in [3.05, 3.63) is 17.3 Å². The van der Waals surface area contributed by atoms with Gasteiger partial charge in [0.1, 0.15) is 11.0 Å². The summed E-state index contributed by atoms with van der Waals surface area (Å²) in [6, 6.07) is 3.09. The van der Waals surface area contributed by atoms with Crippen LogP contribution < -0.4 is 11.5 Å². The quantitative estimate of drug-likeness (QED) is 0.591. The van der Waals surface area contributed by atoms with E-state index in [1.165, 1.54) is 6.07 Å². The minimum atomic E-state index is 0. The lowest BCUT2D eigenvalue weighted by Gasteiger charge is -1.94. The van der Waals surface area contributed by atoms with Gasteiger partial charge in [-0.2, -0.15) is 0 Å². The molecule has 0 amide bonds. The minimum absolute atomic E-state index is 0. The van der Waals surface area contributed by atoms with Crippen LogP contribution in [0.4, 0.5) is 11.5 Å². The third-order valence-corrected chi connectivity index (χ3v) is 1.03. The van der Waals surface area contributed by atoms with Crippen molar-refractivity contribution < 1.29 is 0 Å². The number of nitrogens with two attached hydrogens (primary N) is 2. The molecular formula is C5H7Cl2N3. The first-order chi connectivity index (χ1) is 4.18. The third-order valence-electron chi connectivity index (χ3n) is 0.836. The van der Waals surface area contributed by atoms with E-state index in [4.69, 9.17) is 23.1 Å². The van der Waals surface area contributed by atoms with Crippen LogP contribution in [0.5, 0.6) is 0 Å². The molecule has 1 rings (SSSR count). The Morgan fingerprint density at radius 1 is 1.30 bits per heavy atom. The maximum absolute atomic E-state index is 5.48. The Kier molecular flexibility index (Phi) is 3.25. The molecule has 0 fully saturated rings. The summed E-state index contributed by atoms with van der Waals surface area (Å²) in [4.78, 5) is 3.70. The average Bonchev–Trinajstić information content (AvgIpc) is 1.59. The molecule has 0 aliphatic rings. The second kappa shape index (κ2) is 3.49. The van der Waals surface area contributed by atoms with Crippen LogP contribution in [0.25, 0.3) is 0 Å². The fraction of sp³-hybridized carbons (Fsp3) is 0. The van der Waals surface area contributed by atoms with Crippen LogP contribution in [0.1, 0.15) is 0 Å². The molecule has 1 aromatic heterocycles. The average molecular weight is 180 g/mol. The lowest BCUT2D eigenvalue weighted by atomic mass is 10.4. The van der Waals surface area contributed by atoms with Crippen LogP contribution in [0.15, 0.2) is 12.1 Å². The Labute approximate surface area is 69.8 Å². The van der Waals surface area contributed by atoms with Crippen molar-refractivity contribution in [1.29, 1.82) is 0 Å². The molecule has 0 aromatic carbocycles. The number of hydrogen-bond acceptors (Lipinski definition) is 3. The standard InChI is InChI=1S/C5H6ClN3.ClH/c6-4-1-3(7)2-5(8)9-4;/h1-2H,(H4,7,8,9);1H. The van der Waals surface area contributed by atoms with Gasteiger partial charge in [0.15, 0.2) is 0 Å². The van der Waals surface area contributed by atoms with Crippen molar-refractivity contribution in [3.8, 4) is 0 Å². The molecule has 0 bridgehead atoms. The zero-order chi connectivity index (χ0) is 6.85. The first-order valence-corrected chi connectivity index (χ1v) is 2.75. The Morgan fingerprint density at radius 2 is 1.90 bits per heavy atom. The third kappa shape index (κ3) is 2.29. The lowest BCUT2D eigenvalue weighted by molar-refractivity contribution is 1.34. The second-order valence-electron chi connectivity index (χ2n) is 1.65. The monoisotopic (exact) mass is 179 g/mol. The summed E-state index contributed by atoms with van der Waals surface area (Å²) in [5.41, 5.74) is 11.2. The van der Waals surface area contributed by atoms with E-state index in [-0.39, 0.29) is 12.4 Å². The molecular weight excluding hydrogens is 173 g/mol. The highest BCUT2D eigenvalue weighted by molar-refractivity contribution is 6.29. The Morgan fingerprint density at radius 3 is 2.30 bits per heavy atom. The first-order valence-electron chi connectivity index (χ1n) is 2.37. The highest BCUT2D eigenvalue weighted by Gasteiger charge is 1.91. The molecule has 10 heavy (non-hydrogen) atoms. The molecule has 4 N–H and O–H groups in total. The summed E-state index contributed by atoms with van der Waals surface area (Å²) < 4.78 is 0. The van der Waals surface area contributed by atoms with Gasteiger partial charge in [0.05, 0.1) is 0 Å². The maximum Gasteiger partial charge on any atom is 0.133 e. The van der Waals surface area contributed by atoms with E-state index in [2.05, 4.69) is 4.98 Å². The highest BCUT2D eigenvalue weighted by atomic mass is 35.5. The van der Waals surface area contributed by atoms with Crippen LogP contribution in [-0.2, 0) is 0 Å². The fourth-order valence-corrected chi connectivity index (χ4v) is 0.761. The normalized spacial score (nSPS) is 8.50. The van der Waals surface area contributed by atoms with Gasteiger partial charge in [-0.3, -0.25) is 0 Å². The van der Waals surface area contributed by atoms with E-state index in [0.29, 0.717) is 16.7 Å². The number of nitrogens with zero attached hydrogens (tertiary/aromatic N) is 1. The minimum Gasteiger partial charge on any atom is -0.399 e. The van der Waals surface area contributed by atoms with Gasteiger partial charge in [0, 0.05) is 11.8 Å². The SMILES string of the molecule is Cl.Nc1cc(N)nc(Cl)c1. The predicted octanol–water partition coefficient (Wildman–Crippen LogP) is 1.32. The topological polar surface area (TPSA) is 64.9 Å². The van der Waals surface area contributed by atoms with Crippen LogP contribution in [-0.4, -0.2) is 4.98 Å². The predicted molar refractivity (Wildman–Crippen MR) is 45.3 cm³/mol. The number of pyridine rings is 1. The first kappa shape index (κ1) is 9.33. The van der Waals surface area contributed by atoms with Crippen molar-refractivity contribution in [3.63, 3.8) is 0 Å². The van der Waals surface area contributed by atoms with Crippen LogP contribution in [0.3, 0.4) is 0 Å². The summed E-state index contributed by atoms with van der Waals surface area (Å²) in [7, 11) is 0. The van der Waals surface area contributed by atoms with E-state index in [1.54, 1.807) is 6.07 Å². The van der Waals surface area contributed by atoms with Crippen molar-refractivity contribution in [2.45, 2.75) is 0 Å². The Balaban J connectivity index is 0.000000810. The molecule has 1 aromatic rings. The Hall–Kier alpha value is -0.670. The number of aromatic nitrogens is 1. The molecule has 0 unspecified atom stereocenters. The smallest absolute Gasteiger partial charge is 0.133 e. The zero-order valence-electron chi connectivity index (χ0n) is 5.04. The van der Waals surface area contributed by atoms with Crippen molar-refractivity contribution >= 4 is 35.5 Å². The van der Waals surface area contributed by atoms with Gasteiger partial charge in [-0.15, -0.1) is 12.4 Å². The summed E-state index contributed by atoms with van der Waals surface area (Å²) in [6.07, 6.45) is 0. The van der Waals surface area contributed by atoms with Gasteiger partial charge in [-0.25, -0.2) is 4.98 Å². The summed E-state index contributed by atoms with van der Waals surface area (Å²) in [5, 5.41) is 0.326. The zero-order valence-corrected chi connectivity index (χ0v) is 6.62. The number of rotatable bonds is 0. The number of nitrogen functional groups attached to an aromatic ring is 2. The van der Waals surface area contributed by atoms with Crippen LogP contribution in [0, 0.1) is 0 Å². The van der Waals surface area contributed by atoms with E-state index in [0.717, 1.165) is 0 Å². The molecule has 5 heteroatoms. The largest absolute Gasteiger partial charge is 0.399 e. The highest BCUT2D eigenvalue weighted by Crippen LogP contribution is 2.12. The van der Waals surface area contributed by atoms with Gasteiger partial charge in [-0.05, 0) is 6.07 Å². The van der Waals surface area contributed by atoms with Crippen molar-refractivity contribution in [2.24, 2.45) is 0 Å². The molecule has 1 heterocycles. The van der Waals surface area contributed by atoms with E-state index >= 15 is 0 Å². The van der Waals surface area contributed by atoms with Gasteiger partial charge < -0.3 is 11.5 Å². The van der Waals surface area contributed by atoms with Gasteiger partial charge >= 0.3 is 0 Å². The summed E-state index contributed by atoms with van der Waals surface area (Å²) in [5.74, 6) is 0.347. The van der Waals surface area contributed by atoms with E-state index < -0.39 is 0 Å². The van der Waals surface area contributed by atoms with Gasteiger partial charge in [0.2, 0.25) is 0 Å². The number of anilines is 2. The molecule has 0 aliphatic carbocycles. The molecule has 3 nitrogen and oxygen atoms in total. The molecule has 0 atom stereocenters. The fourth-order valence-electron chi connectivity index (χ4n) is 0.538. The summed E-state index contributed by atoms with van der Waals surface area (Å²) >= 11 is 5.48. The van der Waals surface area contributed by atoms with Gasteiger partial charge in [-0.1, -0.05) is 11.6 Å². The van der Waals surface area contributed by atoms with Crippen LogP contribution in [0.2, 0.25) is 5.15 Å². The molecule has 0 saturated carbocycles. The van der Waals surface area contributed by atoms with E-state index in [1.807, 2.05) is 0 Å². The van der Waals surface area contributed by atoms with Crippen molar-refractivity contribution in [1.82, 2.24) is 4.98 Å². The molecule has 56 valence electrons. The van der Waals surface area contributed by atoms with E-state index in [9.17, 15) is 0 Å². The molecule has 0 radical (unpaired) electrons. The Bertz CT molecular complexity index is 176. The number of halogens is 2. The molecule has 0 saturated heterocycles. The second-order valence-corrected chi connectivity index (χ2v) is 2.04. The van der Waals surface area contributed by atoms with Crippen LogP contribution >= 0.6 is 24.0 Å². The van der Waals surface area contributed by atoms with Gasteiger partial charge in [0.25, 0.3) is 0 Å². The lowest BCUT2D eigenvalue weighted by Crippen LogP contribution is -1.92.